The van der Waals surface area contributed by atoms with Crippen LogP contribution in [0.25, 0.3) is 0 Å². The summed E-state index contributed by atoms with van der Waals surface area (Å²) in [4.78, 5) is 25.0. The van der Waals surface area contributed by atoms with Gasteiger partial charge in [0.1, 0.15) is 6.04 Å². The van der Waals surface area contributed by atoms with Crippen LogP contribution in [0.1, 0.15) is 33.6 Å². The van der Waals surface area contributed by atoms with Crippen molar-refractivity contribution in [2.45, 2.75) is 32.4 Å². The van der Waals surface area contributed by atoms with E-state index in [1.807, 2.05) is 55.5 Å². The van der Waals surface area contributed by atoms with E-state index in [9.17, 15) is 9.59 Å². The van der Waals surface area contributed by atoms with Crippen LogP contribution in [0.3, 0.4) is 0 Å². The minimum atomic E-state index is -0.609. The van der Waals surface area contributed by atoms with Crippen LogP contribution in [0.15, 0.2) is 54.7 Å². The van der Waals surface area contributed by atoms with Gasteiger partial charge in [0, 0.05) is 5.69 Å². The van der Waals surface area contributed by atoms with Gasteiger partial charge in [-0.1, -0.05) is 53.2 Å². The van der Waals surface area contributed by atoms with Gasteiger partial charge in [0.2, 0.25) is 5.91 Å². The number of fused-ring (bicyclic) bond motifs is 1. The highest BCUT2D eigenvalue weighted by Crippen LogP contribution is 2.21. The first kappa shape index (κ1) is 17.9. The van der Waals surface area contributed by atoms with E-state index in [0.717, 1.165) is 16.8 Å². The number of aryl methyl sites for hydroxylation is 2. The van der Waals surface area contributed by atoms with Gasteiger partial charge in [-0.2, -0.15) is 0 Å². The molecule has 2 aromatic carbocycles. The molecule has 7 nitrogen and oxygen atoms in total. The van der Waals surface area contributed by atoms with Gasteiger partial charge in [0.25, 0.3) is 5.91 Å². The molecule has 142 valence electrons. The van der Waals surface area contributed by atoms with Crippen molar-refractivity contribution < 1.29 is 9.59 Å². The molecule has 0 fully saturated rings. The fourth-order valence-corrected chi connectivity index (χ4v) is 3.24. The summed E-state index contributed by atoms with van der Waals surface area (Å²) in [7, 11) is 0. The van der Waals surface area contributed by atoms with E-state index < -0.39 is 11.9 Å². The van der Waals surface area contributed by atoms with E-state index in [2.05, 4.69) is 20.9 Å². The van der Waals surface area contributed by atoms with Gasteiger partial charge in [-0.05, 0) is 37.0 Å². The second-order valence-corrected chi connectivity index (χ2v) is 7.00. The van der Waals surface area contributed by atoms with Crippen LogP contribution in [0, 0.1) is 6.92 Å². The number of amides is 2. The zero-order valence-corrected chi connectivity index (χ0v) is 15.6. The molecule has 3 aromatic rings. The minimum Gasteiger partial charge on any atom is -0.339 e. The molecule has 0 bridgehead atoms. The Labute approximate surface area is 162 Å². The molecule has 4 rings (SSSR count). The Kier molecular flexibility index (Phi) is 4.89. The molecule has 2 heterocycles. The third-order valence-corrected chi connectivity index (χ3v) is 4.84. The first-order valence-corrected chi connectivity index (χ1v) is 9.24. The zero-order valence-electron chi connectivity index (χ0n) is 15.6. The number of benzene rings is 2. The lowest BCUT2D eigenvalue weighted by atomic mass is 10.1. The molecule has 0 saturated heterocycles. The normalized spacial score (nSPS) is 16.0. The fourth-order valence-electron chi connectivity index (χ4n) is 3.24. The van der Waals surface area contributed by atoms with Gasteiger partial charge < -0.3 is 10.6 Å². The maximum atomic E-state index is 12.5. The van der Waals surface area contributed by atoms with Gasteiger partial charge >= 0.3 is 0 Å². The standard InChI is InChI=1S/C21H21N5O2/c1-14-6-8-15(9-7-14)12-26-13-19(24-25-26)21(28)23-18-11-10-16-4-2-3-5-17(16)22-20(18)27/h2-9,13,18H,10-12H2,1H3,(H,22,27)(H,23,28). The number of carbonyl (C=O) groups excluding carboxylic acids is 2. The van der Waals surface area contributed by atoms with E-state index in [4.69, 9.17) is 0 Å². The van der Waals surface area contributed by atoms with E-state index in [1.165, 1.54) is 5.56 Å². The number of aromatic nitrogens is 3. The molecule has 2 amide bonds. The lowest BCUT2D eigenvalue weighted by Crippen LogP contribution is -2.43. The third-order valence-electron chi connectivity index (χ3n) is 4.84. The van der Waals surface area contributed by atoms with Crippen LogP contribution in [0.5, 0.6) is 0 Å². The largest absolute Gasteiger partial charge is 0.339 e. The highest BCUT2D eigenvalue weighted by Gasteiger charge is 2.26. The quantitative estimate of drug-likeness (QED) is 0.732. The predicted molar refractivity (Wildman–Crippen MR) is 105 cm³/mol. The van der Waals surface area contributed by atoms with Crippen LogP contribution in [0.4, 0.5) is 5.69 Å². The van der Waals surface area contributed by atoms with E-state index in [-0.39, 0.29) is 11.6 Å². The second-order valence-electron chi connectivity index (χ2n) is 7.00. The summed E-state index contributed by atoms with van der Waals surface area (Å²) >= 11 is 0. The Hall–Kier alpha value is -3.48. The molecule has 7 heteroatoms. The number of carbonyl (C=O) groups is 2. The molecular weight excluding hydrogens is 354 g/mol. The minimum absolute atomic E-state index is 0.196. The molecule has 0 aliphatic carbocycles. The average Bonchev–Trinajstić information content (AvgIpc) is 3.10. The van der Waals surface area contributed by atoms with E-state index >= 15 is 0 Å². The number of nitrogens with zero attached hydrogens (tertiary/aromatic N) is 3. The van der Waals surface area contributed by atoms with E-state index in [1.54, 1.807) is 10.9 Å². The maximum Gasteiger partial charge on any atom is 0.274 e. The van der Waals surface area contributed by atoms with Crippen molar-refractivity contribution in [3.8, 4) is 0 Å². The highest BCUT2D eigenvalue weighted by molar-refractivity contribution is 6.01. The van der Waals surface area contributed by atoms with Crippen LogP contribution in [0.2, 0.25) is 0 Å². The van der Waals surface area contributed by atoms with E-state index in [0.29, 0.717) is 19.4 Å². The molecule has 1 aliphatic heterocycles. The molecule has 1 aromatic heterocycles. The van der Waals surface area contributed by atoms with Gasteiger partial charge in [-0.25, -0.2) is 4.68 Å². The van der Waals surface area contributed by atoms with Gasteiger partial charge in [0.05, 0.1) is 12.7 Å². The maximum absolute atomic E-state index is 12.5. The van der Waals surface area contributed by atoms with Crippen LogP contribution in [-0.4, -0.2) is 32.9 Å². The first-order valence-electron chi connectivity index (χ1n) is 9.24. The summed E-state index contributed by atoms with van der Waals surface area (Å²) < 4.78 is 1.61. The molecular formula is C21H21N5O2. The first-order chi connectivity index (χ1) is 13.6. The Morgan fingerprint density at radius 2 is 2.00 bits per heavy atom. The number of nitrogens with one attached hydrogen (secondary N) is 2. The van der Waals surface area contributed by atoms with Gasteiger partial charge in [0.15, 0.2) is 5.69 Å². The predicted octanol–water partition coefficient (Wildman–Crippen LogP) is 2.32. The van der Waals surface area contributed by atoms with Gasteiger partial charge in [-0.3, -0.25) is 9.59 Å². The lowest BCUT2D eigenvalue weighted by molar-refractivity contribution is -0.118. The number of rotatable bonds is 4. The highest BCUT2D eigenvalue weighted by atomic mass is 16.2. The number of hydrogen-bond donors (Lipinski definition) is 2. The van der Waals surface area contributed by atoms with Gasteiger partial charge in [-0.15, -0.1) is 5.10 Å². The molecule has 28 heavy (non-hydrogen) atoms. The monoisotopic (exact) mass is 375 g/mol. The van der Waals surface area contributed by atoms with Crippen molar-refractivity contribution in [3.05, 3.63) is 77.1 Å². The molecule has 2 N–H and O–H groups in total. The summed E-state index contributed by atoms with van der Waals surface area (Å²) in [5.41, 5.74) is 4.32. The Bertz CT molecular complexity index is 1010. The van der Waals surface area contributed by atoms with Crippen LogP contribution < -0.4 is 10.6 Å². The summed E-state index contributed by atoms with van der Waals surface area (Å²) in [6, 6.07) is 15.2. The second kappa shape index (κ2) is 7.64. The molecule has 0 spiro atoms. The Balaban J connectivity index is 1.41. The molecule has 1 unspecified atom stereocenters. The summed E-state index contributed by atoms with van der Waals surface area (Å²) in [5, 5.41) is 13.6. The molecule has 0 radical (unpaired) electrons. The summed E-state index contributed by atoms with van der Waals surface area (Å²) in [5.74, 6) is -0.619. The molecule has 1 aliphatic rings. The van der Waals surface area contributed by atoms with Crippen molar-refractivity contribution in [2.75, 3.05) is 5.32 Å². The van der Waals surface area contributed by atoms with Crippen molar-refractivity contribution in [3.63, 3.8) is 0 Å². The number of anilines is 1. The van der Waals surface area contributed by atoms with Crippen LogP contribution in [-0.2, 0) is 17.8 Å². The van der Waals surface area contributed by atoms with Crippen LogP contribution >= 0.6 is 0 Å². The zero-order chi connectivity index (χ0) is 19.5. The SMILES string of the molecule is Cc1ccc(Cn2cc(C(=O)NC3CCc4ccccc4NC3=O)nn2)cc1. The number of hydrogen-bond acceptors (Lipinski definition) is 4. The number of para-hydroxylation sites is 1. The molecule has 0 saturated carbocycles. The van der Waals surface area contributed by atoms with Crippen molar-refractivity contribution >= 4 is 17.5 Å². The Morgan fingerprint density at radius 3 is 2.82 bits per heavy atom. The molecule has 1 atom stereocenters. The van der Waals surface area contributed by atoms with Crippen molar-refractivity contribution in [2.24, 2.45) is 0 Å². The fraction of sp³-hybridized carbons (Fsp3) is 0.238. The smallest absolute Gasteiger partial charge is 0.274 e. The third kappa shape index (κ3) is 3.93. The van der Waals surface area contributed by atoms with Crippen molar-refractivity contribution in [1.82, 2.24) is 20.3 Å². The Morgan fingerprint density at radius 1 is 1.21 bits per heavy atom. The topological polar surface area (TPSA) is 88.9 Å². The summed E-state index contributed by atoms with van der Waals surface area (Å²) in [6.07, 6.45) is 2.84. The van der Waals surface area contributed by atoms with Crippen molar-refractivity contribution in [1.29, 1.82) is 0 Å². The summed E-state index contributed by atoms with van der Waals surface area (Å²) in [6.45, 7) is 2.56. The average molecular weight is 375 g/mol. The lowest BCUT2D eigenvalue weighted by Gasteiger charge is -2.14.